The smallest absolute Gasteiger partial charge is 0.126 e. The third kappa shape index (κ3) is 1.97. The average Bonchev–Trinajstić information content (AvgIpc) is 1.96. The van der Waals surface area contributed by atoms with E-state index in [1.165, 1.54) is 0 Å². The molecule has 0 aromatic rings. The van der Waals surface area contributed by atoms with Gasteiger partial charge in [-0.3, -0.25) is 0 Å². The average molecular weight is 192 g/mol. The number of hydrogen-bond acceptors (Lipinski definition) is 1. The van der Waals surface area contributed by atoms with Crippen molar-refractivity contribution in [3.8, 4) is 0 Å². The summed E-state index contributed by atoms with van der Waals surface area (Å²) in [5, 5.41) is 1.16. The van der Waals surface area contributed by atoms with Gasteiger partial charge in [-0.15, -0.1) is 0 Å². The maximum atomic E-state index is 5.86. The van der Waals surface area contributed by atoms with Gasteiger partial charge in [-0.25, -0.2) is 4.99 Å². The zero-order valence-electron chi connectivity index (χ0n) is 6.64. The first-order valence-corrected chi connectivity index (χ1v) is 4.52. The van der Waals surface area contributed by atoms with Gasteiger partial charge in [-0.2, -0.15) is 0 Å². The van der Waals surface area contributed by atoms with Gasteiger partial charge < -0.3 is 0 Å². The molecule has 2 atom stereocenters. The van der Waals surface area contributed by atoms with E-state index < -0.39 is 0 Å². The molecule has 1 unspecified atom stereocenters. The van der Waals surface area contributed by atoms with Gasteiger partial charge in [-0.05, 0) is 18.4 Å². The standard InChI is InChI=1S/C8H11Cl2N/c1-3-6-4-7(9)11-8(10)5(6)2/h4-6H,3H2,1-2H3/t5-,6?/m0/s1. The first kappa shape index (κ1) is 9.08. The first-order valence-electron chi connectivity index (χ1n) is 3.76. The van der Waals surface area contributed by atoms with Crippen LogP contribution in [0, 0.1) is 11.8 Å². The van der Waals surface area contributed by atoms with Crippen LogP contribution in [0.1, 0.15) is 20.3 Å². The van der Waals surface area contributed by atoms with Crippen LogP contribution in [0.25, 0.3) is 0 Å². The summed E-state index contributed by atoms with van der Waals surface area (Å²) in [7, 11) is 0. The summed E-state index contributed by atoms with van der Waals surface area (Å²) in [6.07, 6.45) is 3.03. The Bertz CT molecular complexity index is 208. The second-order valence-electron chi connectivity index (χ2n) is 2.78. The number of aliphatic imine (C=N–C) groups is 1. The Hall–Kier alpha value is -0.0100. The van der Waals surface area contributed by atoms with Crippen LogP contribution in [0.5, 0.6) is 0 Å². The van der Waals surface area contributed by atoms with E-state index in [2.05, 4.69) is 18.8 Å². The van der Waals surface area contributed by atoms with Crippen LogP contribution >= 0.6 is 23.2 Å². The van der Waals surface area contributed by atoms with Crippen LogP contribution in [-0.2, 0) is 0 Å². The van der Waals surface area contributed by atoms with Crippen molar-refractivity contribution in [1.82, 2.24) is 0 Å². The summed E-state index contributed by atoms with van der Waals surface area (Å²) >= 11 is 11.6. The van der Waals surface area contributed by atoms with Gasteiger partial charge in [0.2, 0.25) is 0 Å². The van der Waals surface area contributed by atoms with Crippen LogP contribution in [0.2, 0.25) is 0 Å². The Kier molecular flexibility index (Phi) is 2.97. The fraction of sp³-hybridized carbons (Fsp3) is 0.625. The molecule has 0 N–H and O–H groups in total. The zero-order chi connectivity index (χ0) is 8.43. The highest BCUT2D eigenvalue weighted by Crippen LogP contribution is 2.28. The van der Waals surface area contributed by atoms with Crippen LogP contribution in [-0.4, -0.2) is 5.17 Å². The van der Waals surface area contributed by atoms with Gasteiger partial charge in [0.25, 0.3) is 0 Å². The third-order valence-corrected chi connectivity index (χ3v) is 2.69. The van der Waals surface area contributed by atoms with E-state index in [9.17, 15) is 0 Å². The lowest BCUT2D eigenvalue weighted by Crippen LogP contribution is -2.18. The molecule has 0 bridgehead atoms. The maximum Gasteiger partial charge on any atom is 0.126 e. The molecule has 0 spiro atoms. The minimum Gasteiger partial charge on any atom is -0.229 e. The SMILES string of the molecule is CCC1C=C(Cl)N=C(Cl)[C@H]1C. The number of rotatable bonds is 1. The topological polar surface area (TPSA) is 12.4 Å². The minimum absolute atomic E-state index is 0.323. The van der Waals surface area contributed by atoms with Gasteiger partial charge in [0, 0.05) is 5.92 Å². The highest BCUT2D eigenvalue weighted by molar-refractivity contribution is 6.66. The van der Waals surface area contributed by atoms with E-state index in [0.29, 0.717) is 22.2 Å². The van der Waals surface area contributed by atoms with Gasteiger partial charge in [-0.1, -0.05) is 37.0 Å². The van der Waals surface area contributed by atoms with Crippen molar-refractivity contribution in [3.63, 3.8) is 0 Å². The fourth-order valence-corrected chi connectivity index (χ4v) is 1.76. The molecule has 0 aliphatic carbocycles. The summed E-state index contributed by atoms with van der Waals surface area (Å²) in [4.78, 5) is 3.97. The number of halogens is 2. The molecule has 11 heavy (non-hydrogen) atoms. The van der Waals surface area contributed by atoms with Gasteiger partial charge in [0.05, 0.1) is 0 Å². The quantitative estimate of drug-likeness (QED) is 0.564. The molecule has 1 aliphatic rings. The second kappa shape index (κ2) is 3.59. The lowest BCUT2D eigenvalue weighted by atomic mass is 9.91. The van der Waals surface area contributed by atoms with E-state index in [1.54, 1.807) is 0 Å². The third-order valence-electron chi connectivity index (χ3n) is 2.05. The van der Waals surface area contributed by atoms with Crippen molar-refractivity contribution in [3.05, 3.63) is 11.2 Å². The Balaban J connectivity index is 2.81. The van der Waals surface area contributed by atoms with Gasteiger partial charge in [0.1, 0.15) is 10.3 Å². The van der Waals surface area contributed by atoms with Crippen molar-refractivity contribution in [2.75, 3.05) is 0 Å². The molecular weight excluding hydrogens is 181 g/mol. The molecule has 0 saturated carbocycles. The summed E-state index contributed by atoms with van der Waals surface area (Å²) in [5.74, 6) is 0.775. The number of allylic oxidation sites excluding steroid dienone is 1. The molecular formula is C8H11Cl2N. The summed E-state index contributed by atoms with van der Waals surface area (Å²) in [6, 6.07) is 0. The van der Waals surface area contributed by atoms with Crippen LogP contribution < -0.4 is 0 Å². The molecule has 62 valence electrons. The van der Waals surface area contributed by atoms with Crippen LogP contribution in [0.15, 0.2) is 16.2 Å². The van der Waals surface area contributed by atoms with Crippen molar-refractivity contribution in [2.24, 2.45) is 16.8 Å². The van der Waals surface area contributed by atoms with Crippen molar-refractivity contribution in [2.45, 2.75) is 20.3 Å². The fourth-order valence-electron chi connectivity index (χ4n) is 1.21. The van der Waals surface area contributed by atoms with E-state index >= 15 is 0 Å². The van der Waals surface area contributed by atoms with Crippen LogP contribution in [0.3, 0.4) is 0 Å². The second-order valence-corrected chi connectivity index (χ2v) is 3.56. The minimum atomic E-state index is 0.323. The van der Waals surface area contributed by atoms with Crippen molar-refractivity contribution in [1.29, 1.82) is 0 Å². The Morgan fingerprint density at radius 3 is 2.73 bits per heavy atom. The molecule has 0 aromatic carbocycles. The van der Waals surface area contributed by atoms with Crippen molar-refractivity contribution >= 4 is 28.4 Å². The van der Waals surface area contributed by atoms with E-state index in [0.717, 1.165) is 6.42 Å². The molecule has 0 saturated heterocycles. The summed E-state index contributed by atoms with van der Waals surface area (Å²) in [5.41, 5.74) is 0. The number of nitrogens with zero attached hydrogens (tertiary/aromatic N) is 1. The predicted octanol–water partition coefficient (Wildman–Crippen LogP) is 3.38. The molecule has 0 amide bonds. The first-order chi connectivity index (χ1) is 5.15. The lowest BCUT2D eigenvalue weighted by molar-refractivity contribution is 0.519. The molecule has 3 heteroatoms. The number of hydrogen-bond donors (Lipinski definition) is 0. The molecule has 1 nitrogen and oxygen atoms in total. The molecule has 0 fully saturated rings. The summed E-state index contributed by atoms with van der Waals surface area (Å²) in [6.45, 7) is 4.19. The molecule has 0 radical (unpaired) electrons. The van der Waals surface area contributed by atoms with E-state index in [4.69, 9.17) is 23.2 Å². The maximum absolute atomic E-state index is 5.86. The molecule has 0 aromatic heterocycles. The highest BCUT2D eigenvalue weighted by Gasteiger charge is 2.21. The van der Waals surface area contributed by atoms with Crippen LogP contribution in [0.4, 0.5) is 0 Å². The Morgan fingerprint density at radius 1 is 1.55 bits per heavy atom. The lowest BCUT2D eigenvalue weighted by Gasteiger charge is -2.21. The summed E-state index contributed by atoms with van der Waals surface area (Å²) < 4.78 is 0. The Morgan fingerprint density at radius 2 is 2.18 bits per heavy atom. The molecule has 1 rings (SSSR count). The Labute approximate surface area is 77.1 Å². The molecule has 1 heterocycles. The van der Waals surface area contributed by atoms with Crippen molar-refractivity contribution < 1.29 is 0 Å². The molecule has 1 aliphatic heterocycles. The van der Waals surface area contributed by atoms with E-state index in [-0.39, 0.29) is 0 Å². The zero-order valence-corrected chi connectivity index (χ0v) is 8.15. The van der Waals surface area contributed by atoms with Gasteiger partial charge >= 0.3 is 0 Å². The normalized spacial score (nSPS) is 31.3. The monoisotopic (exact) mass is 191 g/mol. The van der Waals surface area contributed by atoms with E-state index in [1.807, 2.05) is 6.08 Å². The highest BCUT2D eigenvalue weighted by atomic mass is 35.5. The van der Waals surface area contributed by atoms with Gasteiger partial charge in [0.15, 0.2) is 0 Å². The predicted molar refractivity (Wildman–Crippen MR) is 50.2 cm³/mol. The largest absolute Gasteiger partial charge is 0.229 e.